The van der Waals surface area contributed by atoms with Crippen molar-refractivity contribution in [2.45, 2.75) is 44.8 Å². The van der Waals surface area contributed by atoms with Crippen LogP contribution in [-0.2, 0) is 14.9 Å². The summed E-state index contributed by atoms with van der Waals surface area (Å²) in [5, 5.41) is 1.12. The van der Waals surface area contributed by atoms with Crippen LogP contribution in [0.4, 0.5) is 4.79 Å². The Bertz CT molecular complexity index is 889. The molecule has 0 spiro atoms. The molecule has 1 saturated heterocycles. The van der Waals surface area contributed by atoms with Gasteiger partial charge in [0, 0.05) is 10.0 Å². The molecule has 0 saturated carbocycles. The predicted octanol–water partition coefficient (Wildman–Crippen LogP) is 5.77. The topological polar surface area (TPSA) is 46.6 Å². The van der Waals surface area contributed by atoms with Gasteiger partial charge in [0.05, 0.1) is 11.5 Å². The first kappa shape index (κ1) is 19.7. The molecule has 0 aliphatic carbocycles. The van der Waals surface area contributed by atoms with E-state index < -0.39 is 23.2 Å². The van der Waals surface area contributed by atoms with Crippen LogP contribution >= 0.6 is 23.2 Å². The van der Waals surface area contributed by atoms with Gasteiger partial charge in [-0.3, -0.25) is 4.79 Å². The van der Waals surface area contributed by atoms with Crippen molar-refractivity contribution in [2.24, 2.45) is 0 Å². The standard InChI is InChI=1S/C21H21Cl2NO3/c1-20(2,3)27-19(26)24-17(13-8-10-15(22)11-9-13)21(4,18(24)25)14-6-5-7-16(23)12-14/h5-12,17H,1-4H3/t17-,21+/m1/s1. The molecule has 27 heavy (non-hydrogen) atoms. The number of amides is 2. The maximum atomic E-state index is 13.1. The summed E-state index contributed by atoms with van der Waals surface area (Å²) in [6.45, 7) is 7.12. The molecule has 2 amide bonds. The minimum atomic E-state index is -0.935. The molecule has 0 aromatic heterocycles. The Morgan fingerprint density at radius 2 is 1.70 bits per heavy atom. The first-order chi connectivity index (χ1) is 12.5. The Labute approximate surface area is 169 Å². The third kappa shape index (κ3) is 3.56. The van der Waals surface area contributed by atoms with Crippen LogP contribution in [0.2, 0.25) is 10.0 Å². The fourth-order valence-corrected chi connectivity index (χ4v) is 3.71. The quantitative estimate of drug-likeness (QED) is 0.595. The predicted molar refractivity (Wildman–Crippen MR) is 106 cm³/mol. The minimum absolute atomic E-state index is 0.320. The van der Waals surface area contributed by atoms with Crippen LogP contribution in [0.25, 0.3) is 0 Å². The van der Waals surface area contributed by atoms with Gasteiger partial charge in [0.15, 0.2) is 0 Å². The molecule has 4 nitrogen and oxygen atoms in total. The largest absolute Gasteiger partial charge is 0.443 e. The number of carbonyl (C=O) groups excluding carboxylic acids is 2. The van der Waals surface area contributed by atoms with Gasteiger partial charge in [-0.05, 0) is 63.1 Å². The van der Waals surface area contributed by atoms with Crippen molar-refractivity contribution in [3.8, 4) is 0 Å². The molecular formula is C21H21Cl2NO3. The smallest absolute Gasteiger partial charge is 0.417 e. The summed E-state index contributed by atoms with van der Waals surface area (Å²) >= 11 is 12.2. The first-order valence-electron chi connectivity index (χ1n) is 8.62. The lowest BCUT2D eigenvalue weighted by atomic mass is 9.65. The summed E-state index contributed by atoms with van der Waals surface area (Å²) in [6.07, 6.45) is -0.660. The number of halogens is 2. The molecule has 2 aromatic rings. The normalized spacial score (nSPS) is 22.4. The van der Waals surface area contributed by atoms with Crippen LogP contribution in [0.3, 0.4) is 0 Å². The van der Waals surface area contributed by atoms with E-state index in [2.05, 4.69) is 0 Å². The first-order valence-corrected chi connectivity index (χ1v) is 9.38. The third-order valence-corrected chi connectivity index (χ3v) is 5.16. The van der Waals surface area contributed by atoms with Gasteiger partial charge in [-0.25, -0.2) is 9.69 Å². The van der Waals surface area contributed by atoms with Crippen LogP contribution in [-0.4, -0.2) is 22.5 Å². The molecule has 1 aliphatic heterocycles. The average Bonchev–Trinajstić information content (AvgIpc) is 2.58. The van der Waals surface area contributed by atoms with Crippen LogP contribution in [0.5, 0.6) is 0 Å². The second-order valence-corrected chi connectivity index (χ2v) is 8.70. The second-order valence-electron chi connectivity index (χ2n) is 7.82. The molecule has 1 aliphatic rings. The van der Waals surface area contributed by atoms with E-state index in [1.54, 1.807) is 51.1 Å². The Morgan fingerprint density at radius 3 is 2.26 bits per heavy atom. The number of nitrogens with zero attached hydrogens (tertiary/aromatic N) is 1. The highest BCUT2D eigenvalue weighted by atomic mass is 35.5. The number of likely N-dealkylation sites (tertiary alicyclic amines) is 1. The molecule has 0 bridgehead atoms. The molecule has 1 fully saturated rings. The molecular weight excluding hydrogens is 385 g/mol. The van der Waals surface area contributed by atoms with Gasteiger partial charge in [0.25, 0.3) is 0 Å². The summed E-state index contributed by atoms with van der Waals surface area (Å²) in [4.78, 5) is 27.0. The zero-order valence-electron chi connectivity index (χ0n) is 15.6. The maximum absolute atomic E-state index is 13.1. The van der Waals surface area contributed by atoms with Crippen LogP contribution < -0.4 is 0 Å². The number of ether oxygens (including phenoxy) is 1. The fourth-order valence-electron chi connectivity index (χ4n) is 3.40. The zero-order valence-corrected chi connectivity index (χ0v) is 17.1. The van der Waals surface area contributed by atoms with Gasteiger partial charge >= 0.3 is 6.09 Å². The number of rotatable bonds is 2. The lowest BCUT2D eigenvalue weighted by Gasteiger charge is -2.53. The molecule has 2 aromatic carbocycles. The number of hydrogen-bond acceptors (Lipinski definition) is 3. The molecule has 0 radical (unpaired) electrons. The van der Waals surface area contributed by atoms with Crippen molar-refractivity contribution in [3.05, 3.63) is 69.7 Å². The number of imide groups is 1. The Balaban J connectivity index is 2.07. The van der Waals surface area contributed by atoms with E-state index >= 15 is 0 Å². The summed E-state index contributed by atoms with van der Waals surface area (Å²) < 4.78 is 5.45. The molecule has 2 atom stereocenters. The Morgan fingerprint density at radius 1 is 1.07 bits per heavy atom. The van der Waals surface area contributed by atoms with Crippen molar-refractivity contribution < 1.29 is 14.3 Å². The van der Waals surface area contributed by atoms with E-state index in [0.717, 1.165) is 11.1 Å². The average molecular weight is 406 g/mol. The van der Waals surface area contributed by atoms with E-state index in [4.69, 9.17) is 27.9 Å². The Hall–Kier alpha value is -2.04. The second kappa shape index (κ2) is 6.84. The number of β-lactam (4-membered cyclic amide) rings is 1. The van der Waals surface area contributed by atoms with Crippen molar-refractivity contribution in [3.63, 3.8) is 0 Å². The van der Waals surface area contributed by atoms with Crippen molar-refractivity contribution in [1.29, 1.82) is 0 Å². The van der Waals surface area contributed by atoms with E-state index in [-0.39, 0.29) is 5.91 Å². The summed E-state index contributed by atoms with van der Waals surface area (Å²) in [7, 11) is 0. The highest BCUT2D eigenvalue weighted by Crippen LogP contribution is 2.52. The number of carbonyl (C=O) groups is 2. The van der Waals surface area contributed by atoms with Gasteiger partial charge in [-0.1, -0.05) is 47.5 Å². The number of benzene rings is 2. The summed E-state index contributed by atoms with van der Waals surface area (Å²) in [5.74, 6) is -0.320. The highest BCUT2D eigenvalue weighted by molar-refractivity contribution is 6.31. The summed E-state index contributed by atoms with van der Waals surface area (Å²) in [5.41, 5.74) is -0.0911. The van der Waals surface area contributed by atoms with Crippen LogP contribution in [0.15, 0.2) is 48.5 Å². The molecule has 6 heteroatoms. The molecule has 3 rings (SSSR count). The monoisotopic (exact) mass is 405 g/mol. The lowest BCUT2D eigenvalue weighted by Crippen LogP contribution is -2.66. The van der Waals surface area contributed by atoms with Gasteiger partial charge in [0.1, 0.15) is 5.60 Å². The molecule has 1 heterocycles. The maximum Gasteiger partial charge on any atom is 0.417 e. The van der Waals surface area contributed by atoms with Crippen molar-refractivity contribution in [1.82, 2.24) is 4.90 Å². The Kier molecular flexibility index (Phi) is 5.00. The molecule has 142 valence electrons. The van der Waals surface area contributed by atoms with E-state index in [9.17, 15) is 9.59 Å². The van der Waals surface area contributed by atoms with Crippen LogP contribution in [0.1, 0.15) is 44.9 Å². The fraction of sp³-hybridized carbons (Fsp3) is 0.333. The SMILES string of the molecule is CC(C)(C)OC(=O)N1C(=O)[C@@](C)(c2cccc(Cl)c2)[C@H]1c1ccc(Cl)cc1. The van der Waals surface area contributed by atoms with Crippen molar-refractivity contribution in [2.75, 3.05) is 0 Å². The number of hydrogen-bond donors (Lipinski definition) is 0. The third-order valence-electron chi connectivity index (χ3n) is 4.67. The highest BCUT2D eigenvalue weighted by Gasteiger charge is 2.62. The van der Waals surface area contributed by atoms with Crippen LogP contribution in [0, 0.1) is 0 Å². The van der Waals surface area contributed by atoms with Crippen molar-refractivity contribution >= 4 is 35.2 Å². The van der Waals surface area contributed by atoms with E-state index in [1.165, 1.54) is 4.90 Å². The van der Waals surface area contributed by atoms with Gasteiger partial charge < -0.3 is 4.74 Å². The minimum Gasteiger partial charge on any atom is -0.443 e. The van der Waals surface area contributed by atoms with Gasteiger partial charge in [-0.2, -0.15) is 0 Å². The van der Waals surface area contributed by atoms with E-state index in [1.807, 2.05) is 25.1 Å². The zero-order chi connectivity index (χ0) is 20.0. The summed E-state index contributed by atoms with van der Waals surface area (Å²) in [6, 6.07) is 13.8. The molecule has 0 N–H and O–H groups in total. The van der Waals surface area contributed by atoms with Gasteiger partial charge in [-0.15, -0.1) is 0 Å². The van der Waals surface area contributed by atoms with Gasteiger partial charge in [0.2, 0.25) is 5.91 Å². The van der Waals surface area contributed by atoms with E-state index in [0.29, 0.717) is 10.0 Å². The molecule has 0 unspecified atom stereocenters. The lowest BCUT2D eigenvalue weighted by molar-refractivity contribution is -0.157.